The van der Waals surface area contributed by atoms with Crippen molar-refractivity contribution in [3.8, 4) is 17.5 Å². The number of anilines is 2. The number of hydrogen-bond acceptors (Lipinski definition) is 10. The number of benzene rings is 2. The molecule has 212 valence electrons. The van der Waals surface area contributed by atoms with Crippen LogP contribution in [0.2, 0.25) is 5.02 Å². The molecule has 4 N–H and O–H groups in total. The van der Waals surface area contributed by atoms with Crippen molar-refractivity contribution < 1.29 is 8.42 Å². The Morgan fingerprint density at radius 1 is 1.07 bits per heavy atom. The summed E-state index contributed by atoms with van der Waals surface area (Å²) in [5, 5.41) is 3.77. The summed E-state index contributed by atoms with van der Waals surface area (Å²) in [6, 6.07) is 12.1. The van der Waals surface area contributed by atoms with Gasteiger partial charge in [0.15, 0.2) is 0 Å². The van der Waals surface area contributed by atoms with Crippen LogP contribution in [0.4, 0.5) is 11.6 Å². The Hall–Kier alpha value is -4.90. The second kappa shape index (κ2) is 12.3. The standard InChI is InChI=1S/C28H24ClN9O3S/c1-42(40,41)36-15-18-4-2-5-20(14-18)38-24(37-23-7-3-6-22(29)25(23)28(38)39)10-11-33-27-21(26(30)34-17-35-27)9-8-19-16-31-12-13-32-19/h2-7,12-14,16-17,36H,10-11,15H2,1H3,(H3,30,33,34,35). The Balaban J connectivity index is 1.49. The molecule has 3 heterocycles. The molecule has 5 aromatic rings. The van der Waals surface area contributed by atoms with Crippen LogP contribution in [0.1, 0.15) is 22.6 Å². The highest BCUT2D eigenvalue weighted by atomic mass is 35.5. The summed E-state index contributed by atoms with van der Waals surface area (Å²) >= 11 is 6.41. The van der Waals surface area contributed by atoms with E-state index in [0.29, 0.717) is 52.6 Å². The van der Waals surface area contributed by atoms with Crippen LogP contribution in [0.15, 0.2) is 72.2 Å². The highest BCUT2D eigenvalue weighted by molar-refractivity contribution is 7.88. The molecular formula is C28H24ClN9O3S. The molecule has 0 atom stereocenters. The van der Waals surface area contributed by atoms with Crippen molar-refractivity contribution in [2.45, 2.75) is 13.0 Å². The van der Waals surface area contributed by atoms with Gasteiger partial charge in [0.1, 0.15) is 35.0 Å². The lowest BCUT2D eigenvalue weighted by molar-refractivity contribution is 0.587. The van der Waals surface area contributed by atoms with E-state index >= 15 is 0 Å². The van der Waals surface area contributed by atoms with Gasteiger partial charge in [-0.3, -0.25) is 14.3 Å². The van der Waals surface area contributed by atoms with Gasteiger partial charge in [-0.1, -0.05) is 35.7 Å². The smallest absolute Gasteiger partial charge is 0.267 e. The van der Waals surface area contributed by atoms with Crippen LogP contribution in [0, 0.1) is 11.8 Å². The summed E-state index contributed by atoms with van der Waals surface area (Å²) in [6.07, 6.45) is 7.32. The average molecular weight is 602 g/mol. The van der Waals surface area contributed by atoms with Crippen molar-refractivity contribution in [1.29, 1.82) is 0 Å². The maximum Gasteiger partial charge on any atom is 0.267 e. The first-order valence-corrected chi connectivity index (χ1v) is 14.8. The molecular weight excluding hydrogens is 578 g/mol. The van der Waals surface area contributed by atoms with E-state index in [2.05, 4.69) is 41.8 Å². The second-order valence-corrected chi connectivity index (χ2v) is 11.3. The van der Waals surface area contributed by atoms with Crippen LogP contribution in [0.5, 0.6) is 0 Å². The molecule has 0 saturated heterocycles. The monoisotopic (exact) mass is 601 g/mol. The number of rotatable bonds is 8. The number of nitrogen functional groups attached to an aromatic ring is 1. The summed E-state index contributed by atoms with van der Waals surface area (Å²) in [7, 11) is -3.41. The van der Waals surface area contributed by atoms with E-state index in [-0.39, 0.29) is 28.3 Å². The van der Waals surface area contributed by atoms with Crippen LogP contribution >= 0.6 is 11.6 Å². The van der Waals surface area contributed by atoms with Crippen LogP contribution < -0.4 is 21.3 Å². The van der Waals surface area contributed by atoms with Gasteiger partial charge in [0.25, 0.3) is 5.56 Å². The molecule has 5 rings (SSSR count). The quantitative estimate of drug-likeness (QED) is 0.224. The molecule has 3 aromatic heterocycles. The molecule has 0 aliphatic carbocycles. The molecule has 0 amide bonds. The van der Waals surface area contributed by atoms with Crippen LogP contribution in [-0.2, 0) is 23.0 Å². The van der Waals surface area contributed by atoms with Crippen molar-refractivity contribution in [1.82, 2.24) is 34.2 Å². The minimum atomic E-state index is -3.41. The predicted octanol–water partition coefficient (Wildman–Crippen LogP) is 2.30. The molecule has 0 fully saturated rings. The van der Waals surface area contributed by atoms with E-state index in [1.54, 1.807) is 48.7 Å². The maximum atomic E-state index is 13.8. The lowest BCUT2D eigenvalue weighted by Crippen LogP contribution is -2.26. The van der Waals surface area contributed by atoms with Crippen molar-refractivity contribution in [2.75, 3.05) is 23.9 Å². The number of fused-ring (bicyclic) bond motifs is 1. The largest absolute Gasteiger partial charge is 0.382 e. The van der Waals surface area contributed by atoms with Crippen molar-refractivity contribution in [3.05, 3.63) is 105 Å². The average Bonchev–Trinajstić information content (AvgIpc) is 2.96. The zero-order valence-corrected chi connectivity index (χ0v) is 23.8. The number of nitrogens with zero attached hydrogens (tertiary/aromatic N) is 6. The lowest BCUT2D eigenvalue weighted by Gasteiger charge is -2.16. The molecule has 12 nitrogen and oxygen atoms in total. The molecule has 42 heavy (non-hydrogen) atoms. The summed E-state index contributed by atoms with van der Waals surface area (Å²) in [4.78, 5) is 35.0. The minimum absolute atomic E-state index is 0.0631. The van der Waals surface area contributed by atoms with E-state index in [1.807, 2.05) is 0 Å². The molecule has 0 aliphatic heterocycles. The van der Waals surface area contributed by atoms with Crippen molar-refractivity contribution >= 4 is 44.2 Å². The van der Waals surface area contributed by atoms with Crippen LogP contribution in [0.25, 0.3) is 16.6 Å². The summed E-state index contributed by atoms with van der Waals surface area (Å²) < 4.78 is 27.2. The number of aromatic nitrogens is 6. The first kappa shape index (κ1) is 28.6. The molecule has 0 aliphatic rings. The summed E-state index contributed by atoms with van der Waals surface area (Å²) in [5.74, 6) is 6.90. The van der Waals surface area contributed by atoms with E-state index in [4.69, 9.17) is 22.3 Å². The van der Waals surface area contributed by atoms with E-state index < -0.39 is 10.0 Å². The number of nitrogens with two attached hydrogens (primary N) is 1. The van der Waals surface area contributed by atoms with Crippen molar-refractivity contribution in [2.24, 2.45) is 0 Å². The predicted molar refractivity (Wildman–Crippen MR) is 161 cm³/mol. The fourth-order valence-electron chi connectivity index (χ4n) is 4.13. The fraction of sp³-hybridized carbons (Fsp3) is 0.143. The maximum absolute atomic E-state index is 13.8. The number of nitrogens with one attached hydrogen (secondary N) is 2. The van der Waals surface area contributed by atoms with Crippen LogP contribution in [0.3, 0.4) is 0 Å². The first-order chi connectivity index (χ1) is 20.2. The van der Waals surface area contributed by atoms with Gasteiger partial charge in [-0.25, -0.2) is 33.1 Å². The van der Waals surface area contributed by atoms with Gasteiger partial charge >= 0.3 is 0 Å². The Morgan fingerprint density at radius 3 is 2.69 bits per heavy atom. The molecule has 0 bridgehead atoms. The van der Waals surface area contributed by atoms with E-state index in [9.17, 15) is 13.2 Å². The summed E-state index contributed by atoms with van der Waals surface area (Å²) in [6.45, 7) is 0.373. The SMILES string of the molecule is CS(=O)(=O)NCc1cccc(-n2c(CCNc3ncnc(N)c3C#Cc3cnccn3)nc3cccc(Cl)c3c2=O)c1. The molecule has 0 unspecified atom stereocenters. The molecule has 0 radical (unpaired) electrons. The van der Waals surface area contributed by atoms with Gasteiger partial charge in [0.2, 0.25) is 10.0 Å². The Kier molecular flexibility index (Phi) is 8.39. The number of hydrogen-bond donors (Lipinski definition) is 3. The van der Waals surface area contributed by atoms with Crippen molar-refractivity contribution in [3.63, 3.8) is 0 Å². The van der Waals surface area contributed by atoms with E-state index in [1.165, 1.54) is 23.3 Å². The third kappa shape index (κ3) is 6.69. The van der Waals surface area contributed by atoms with Gasteiger partial charge in [-0.05, 0) is 35.7 Å². The zero-order valence-electron chi connectivity index (χ0n) is 22.2. The van der Waals surface area contributed by atoms with Gasteiger partial charge < -0.3 is 11.1 Å². The van der Waals surface area contributed by atoms with Crippen LogP contribution in [-0.4, -0.2) is 50.7 Å². The molecule has 0 saturated carbocycles. The third-order valence-corrected chi connectivity index (χ3v) is 7.00. The van der Waals surface area contributed by atoms with Gasteiger partial charge in [0, 0.05) is 31.9 Å². The Morgan fingerprint density at radius 2 is 1.90 bits per heavy atom. The first-order valence-electron chi connectivity index (χ1n) is 12.6. The molecule has 14 heteroatoms. The highest BCUT2D eigenvalue weighted by Crippen LogP contribution is 2.22. The van der Waals surface area contributed by atoms with Gasteiger partial charge in [0.05, 0.1) is 34.1 Å². The number of halogens is 1. The normalized spacial score (nSPS) is 11.2. The minimum Gasteiger partial charge on any atom is -0.382 e. The Labute approximate surface area is 246 Å². The van der Waals surface area contributed by atoms with Gasteiger partial charge in [-0.2, -0.15) is 0 Å². The fourth-order valence-corrected chi connectivity index (χ4v) is 4.81. The van der Waals surface area contributed by atoms with E-state index in [0.717, 1.165) is 6.26 Å². The highest BCUT2D eigenvalue weighted by Gasteiger charge is 2.16. The second-order valence-electron chi connectivity index (χ2n) is 9.07. The Bertz CT molecular complexity index is 2010. The third-order valence-electron chi connectivity index (χ3n) is 6.02. The number of sulfonamides is 1. The summed E-state index contributed by atoms with van der Waals surface area (Å²) in [5.41, 5.74) is 8.22. The topological polar surface area (TPSA) is 171 Å². The molecule has 0 spiro atoms. The zero-order chi connectivity index (χ0) is 29.7. The van der Waals surface area contributed by atoms with Gasteiger partial charge in [-0.15, -0.1) is 0 Å². The molecule has 2 aromatic carbocycles. The lowest BCUT2D eigenvalue weighted by atomic mass is 10.1.